The Morgan fingerprint density at radius 1 is 1.12 bits per heavy atom. The molecule has 0 radical (unpaired) electrons. The maximum absolute atomic E-state index is 12.4. The number of fused-ring (bicyclic) bond motifs is 1. The van der Waals surface area contributed by atoms with Gasteiger partial charge in [-0.05, 0) is 49.4 Å². The highest BCUT2D eigenvalue weighted by atomic mass is 16.5. The van der Waals surface area contributed by atoms with E-state index in [4.69, 9.17) is 9.15 Å². The minimum atomic E-state index is -0.484. The third kappa shape index (κ3) is 3.30. The summed E-state index contributed by atoms with van der Waals surface area (Å²) in [7, 11) is 1.57. The quantitative estimate of drug-likeness (QED) is 0.737. The van der Waals surface area contributed by atoms with Gasteiger partial charge in [0.2, 0.25) is 0 Å². The molecule has 3 aromatic rings. The highest BCUT2D eigenvalue weighted by molar-refractivity contribution is 6.06. The van der Waals surface area contributed by atoms with Gasteiger partial charge in [-0.25, -0.2) is 9.59 Å². The van der Waals surface area contributed by atoms with Crippen LogP contribution in [0, 0.1) is 0 Å². The van der Waals surface area contributed by atoms with Crippen molar-refractivity contribution in [2.24, 2.45) is 7.05 Å². The normalized spacial score (nSPS) is 10.6. The van der Waals surface area contributed by atoms with Crippen LogP contribution in [0.1, 0.15) is 27.6 Å². The Hall–Kier alpha value is -3.35. The average Bonchev–Trinajstić information content (AvgIpc) is 2.89. The third-order valence-corrected chi connectivity index (χ3v) is 3.71. The predicted molar refractivity (Wildman–Crippen MR) is 91.8 cm³/mol. The molecule has 0 aliphatic carbocycles. The van der Waals surface area contributed by atoms with E-state index in [1.165, 1.54) is 4.57 Å². The van der Waals surface area contributed by atoms with Crippen LogP contribution in [0.4, 0.5) is 5.69 Å². The first-order valence-corrected chi connectivity index (χ1v) is 7.67. The Kier molecular flexibility index (Phi) is 4.38. The van der Waals surface area contributed by atoms with Crippen LogP contribution in [-0.4, -0.2) is 23.1 Å². The molecule has 0 saturated carbocycles. The number of oxazole rings is 1. The summed E-state index contributed by atoms with van der Waals surface area (Å²) in [5, 5.41) is 2.74. The van der Waals surface area contributed by atoms with Gasteiger partial charge in [0.15, 0.2) is 5.58 Å². The zero-order chi connectivity index (χ0) is 18.0. The molecule has 7 heteroatoms. The van der Waals surface area contributed by atoms with Gasteiger partial charge in [0.05, 0.1) is 17.7 Å². The fourth-order valence-corrected chi connectivity index (χ4v) is 2.38. The Labute approximate surface area is 142 Å². The third-order valence-electron chi connectivity index (χ3n) is 3.71. The van der Waals surface area contributed by atoms with Gasteiger partial charge in [-0.1, -0.05) is 0 Å². The minimum Gasteiger partial charge on any atom is -0.462 e. The lowest BCUT2D eigenvalue weighted by Crippen LogP contribution is -2.13. The van der Waals surface area contributed by atoms with E-state index in [-0.39, 0.29) is 5.91 Å². The maximum atomic E-state index is 12.4. The average molecular weight is 340 g/mol. The lowest BCUT2D eigenvalue weighted by atomic mass is 10.1. The zero-order valence-electron chi connectivity index (χ0n) is 13.7. The number of benzene rings is 2. The van der Waals surface area contributed by atoms with Gasteiger partial charge in [0.1, 0.15) is 0 Å². The molecule has 0 spiro atoms. The van der Waals surface area contributed by atoms with Crippen LogP contribution in [0.15, 0.2) is 51.7 Å². The van der Waals surface area contributed by atoms with Crippen LogP contribution in [0.2, 0.25) is 0 Å². The molecule has 2 aromatic carbocycles. The number of rotatable bonds is 4. The number of amides is 1. The molecule has 0 aliphatic heterocycles. The van der Waals surface area contributed by atoms with E-state index in [2.05, 4.69) is 5.32 Å². The number of nitrogens with one attached hydrogen (secondary N) is 1. The number of anilines is 1. The fraction of sp³-hybridized carbons (Fsp3) is 0.167. The van der Waals surface area contributed by atoms with E-state index in [0.29, 0.717) is 34.5 Å². The molecule has 0 atom stereocenters. The van der Waals surface area contributed by atoms with E-state index in [1.807, 2.05) is 0 Å². The maximum Gasteiger partial charge on any atom is 0.419 e. The molecule has 1 N–H and O–H groups in total. The second-order valence-electron chi connectivity index (χ2n) is 5.36. The number of aryl methyl sites for hydroxylation is 1. The van der Waals surface area contributed by atoms with Gasteiger partial charge in [0, 0.05) is 18.3 Å². The number of carbonyl (C=O) groups is 2. The fourth-order valence-electron chi connectivity index (χ4n) is 2.38. The van der Waals surface area contributed by atoms with Crippen LogP contribution in [-0.2, 0) is 11.8 Å². The van der Waals surface area contributed by atoms with Crippen molar-refractivity contribution in [1.82, 2.24) is 4.57 Å². The summed E-state index contributed by atoms with van der Waals surface area (Å²) in [6, 6.07) is 11.1. The number of ether oxygens (including phenoxy) is 1. The second-order valence-corrected chi connectivity index (χ2v) is 5.36. The van der Waals surface area contributed by atoms with Crippen LogP contribution in [0.5, 0.6) is 0 Å². The molecule has 1 heterocycles. The monoisotopic (exact) mass is 340 g/mol. The van der Waals surface area contributed by atoms with Crippen LogP contribution in [0.3, 0.4) is 0 Å². The van der Waals surface area contributed by atoms with Gasteiger partial charge in [-0.2, -0.15) is 0 Å². The molecule has 7 nitrogen and oxygen atoms in total. The van der Waals surface area contributed by atoms with Crippen LogP contribution >= 0.6 is 0 Å². The molecular weight excluding hydrogens is 324 g/mol. The first-order chi connectivity index (χ1) is 12.0. The van der Waals surface area contributed by atoms with Crippen molar-refractivity contribution in [1.29, 1.82) is 0 Å². The van der Waals surface area contributed by atoms with Crippen molar-refractivity contribution in [3.8, 4) is 0 Å². The molecule has 0 fully saturated rings. The first-order valence-electron chi connectivity index (χ1n) is 7.67. The van der Waals surface area contributed by atoms with Crippen LogP contribution in [0.25, 0.3) is 11.1 Å². The van der Waals surface area contributed by atoms with E-state index < -0.39 is 11.7 Å². The van der Waals surface area contributed by atoms with E-state index in [0.717, 1.165) is 0 Å². The van der Waals surface area contributed by atoms with Gasteiger partial charge in [-0.15, -0.1) is 0 Å². The van der Waals surface area contributed by atoms with Gasteiger partial charge in [0.25, 0.3) is 5.91 Å². The van der Waals surface area contributed by atoms with E-state index in [9.17, 15) is 14.4 Å². The molecule has 25 heavy (non-hydrogen) atoms. The van der Waals surface area contributed by atoms with E-state index in [1.54, 1.807) is 56.4 Å². The summed E-state index contributed by atoms with van der Waals surface area (Å²) in [4.78, 5) is 35.5. The molecule has 1 amide bonds. The zero-order valence-corrected chi connectivity index (χ0v) is 13.7. The van der Waals surface area contributed by atoms with Crippen molar-refractivity contribution in [3.63, 3.8) is 0 Å². The van der Waals surface area contributed by atoms with Gasteiger partial charge in [-0.3, -0.25) is 9.36 Å². The number of hydrogen-bond donors (Lipinski definition) is 1. The first kappa shape index (κ1) is 16.5. The molecular formula is C18H16N2O5. The van der Waals surface area contributed by atoms with Crippen molar-refractivity contribution in [3.05, 3.63) is 64.1 Å². The molecule has 3 rings (SSSR count). The van der Waals surface area contributed by atoms with Crippen molar-refractivity contribution in [2.75, 3.05) is 11.9 Å². The van der Waals surface area contributed by atoms with Crippen molar-refractivity contribution in [2.45, 2.75) is 6.92 Å². The molecule has 0 saturated heterocycles. The standard InChI is InChI=1S/C18H16N2O5/c1-3-24-17(22)11-4-7-13(8-5-11)19-16(21)12-6-9-15-14(10-12)20(2)18(23)25-15/h4-10H,3H2,1-2H3,(H,19,21). The Balaban J connectivity index is 1.79. The van der Waals surface area contributed by atoms with Gasteiger partial charge < -0.3 is 14.5 Å². The summed E-state index contributed by atoms with van der Waals surface area (Å²) in [5.74, 6) is -1.23. The van der Waals surface area contributed by atoms with Crippen LogP contribution < -0.4 is 11.1 Å². The summed E-state index contributed by atoms with van der Waals surface area (Å²) < 4.78 is 11.3. The number of esters is 1. The molecule has 0 unspecified atom stereocenters. The summed E-state index contributed by atoms with van der Waals surface area (Å²) in [5.41, 5.74) is 2.30. The largest absolute Gasteiger partial charge is 0.462 e. The van der Waals surface area contributed by atoms with E-state index >= 15 is 0 Å². The Morgan fingerprint density at radius 2 is 1.80 bits per heavy atom. The lowest BCUT2D eigenvalue weighted by Gasteiger charge is -2.07. The number of nitrogens with zero attached hydrogens (tertiary/aromatic N) is 1. The Bertz CT molecular complexity index is 998. The summed E-state index contributed by atoms with van der Waals surface area (Å²) in [6.45, 7) is 2.04. The highest BCUT2D eigenvalue weighted by Gasteiger charge is 2.12. The summed E-state index contributed by atoms with van der Waals surface area (Å²) >= 11 is 0. The van der Waals surface area contributed by atoms with Gasteiger partial charge >= 0.3 is 11.7 Å². The molecule has 0 bridgehead atoms. The smallest absolute Gasteiger partial charge is 0.419 e. The second kappa shape index (κ2) is 6.64. The number of aromatic nitrogens is 1. The molecule has 0 aliphatic rings. The topological polar surface area (TPSA) is 90.5 Å². The van der Waals surface area contributed by atoms with Crippen molar-refractivity contribution >= 4 is 28.7 Å². The SMILES string of the molecule is CCOC(=O)c1ccc(NC(=O)c2ccc3oc(=O)n(C)c3c2)cc1. The predicted octanol–water partition coefficient (Wildman–Crippen LogP) is 2.56. The number of carbonyl (C=O) groups excluding carboxylic acids is 2. The Morgan fingerprint density at radius 3 is 2.48 bits per heavy atom. The van der Waals surface area contributed by atoms with Crippen molar-refractivity contribution < 1.29 is 18.7 Å². The molecule has 1 aromatic heterocycles. The molecule has 128 valence electrons. The summed E-state index contributed by atoms with van der Waals surface area (Å²) in [6.07, 6.45) is 0. The minimum absolute atomic E-state index is 0.302. The lowest BCUT2D eigenvalue weighted by molar-refractivity contribution is 0.0526. The number of hydrogen-bond acceptors (Lipinski definition) is 5. The highest BCUT2D eigenvalue weighted by Crippen LogP contribution is 2.16.